The summed E-state index contributed by atoms with van der Waals surface area (Å²) in [6.07, 6.45) is 2.40. The van der Waals surface area contributed by atoms with Crippen LogP contribution in [0.3, 0.4) is 0 Å². The Morgan fingerprint density at radius 2 is 1.94 bits per heavy atom. The van der Waals surface area contributed by atoms with Gasteiger partial charge in [-0.1, -0.05) is 29.8 Å². The highest BCUT2D eigenvalue weighted by Gasteiger charge is 2.31. The van der Waals surface area contributed by atoms with E-state index < -0.39 is 0 Å². The molecule has 0 saturated heterocycles. The number of rotatable bonds is 3. The molecule has 17 heavy (non-hydrogen) atoms. The Morgan fingerprint density at radius 3 is 2.53 bits per heavy atom. The fraction of sp³-hybridized carbons (Fsp3) is 0.308. The van der Waals surface area contributed by atoms with Crippen molar-refractivity contribution in [3.8, 4) is 5.69 Å². The molecule has 2 nitrogen and oxygen atoms in total. The zero-order chi connectivity index (χ0) is 11.8. The van der Waals surface area contributed by atoms with Crippen molar-refractivity contribution in [1.82, 2.24) is 9.78 Å². The first-order valence-electron chi connectivity index (χ1n) is 5.70. The van der Waals surface area contributed by atoms with Crippen LogP contribution >= 0.6 is 23.2 Å². The number of halogens is 2. The Balaban J connectivity index is 2.11. The van der Waals surface area contributed by atoms with Crippen molar-refractivity contribution in [1.29, 1.82) is 0 Å². The Bertz CT molecular complexity index is 530. The highest BCUT2D eigenvalue weighted by Crippen LogP contribution is 2.43. The highest BCUT2D eigenvalue weighted by molar-refractivity contribution is 6.31. The summed E-state index contributed by atoms with van der Waals surface area (Å²) >= 11 is 12.3. The number of hydrogen-bond acceptors (Lipinski definition) is 1. The van der Waals surface area contributed by atoms with E-state index in [1.807, 2.05) is 30.3 Å². The summed E-state index contributed by atoms with van der Waals surface area (Å²) in [6, 6.07) is 9.92. The smallest absolute Gasteiger partial charge is 0.137 e. The number of benzene rings is 1. The van der Waals surface area contributed by atoms with Gasteiger partial charge in [-0.25, -0.2) is 4.68 Å². The third-order valence-corrected chi connectivity index (χ3v) is 3.71. The molecule has 1 aromatic heterocycles. The lowest BCUT2D eigenvalue weighted by Crippen LogP contribution is -1.96. The van der Waals surface area contributed by atoms with Gasteiger partial charge in [0.1, 0.15) is 5.15 Å². The van der Waals surface area contributed by atoms with Gasteiger partial charge in [0, 0.05) is 11.5 Å². The summed E-state index contributed by atoms with van der Waals surface area (Å²) in [4.78, 5) is 0. The molecule has 88 valence electrons. The van der Waals surface area contributed by atoms with Crippen LogP contribution in [-0.4, -0.2) is 9.78 Å². The third-order valence-electron chi connectivity index (χ3n) is 3.05. The molecule has 1 fully saturated rings. The molecule has 3 rings (SSSR count). The molecule has 0 radical (unpaired) electrons. The van der Waals surface area contributed by atoms with Gasteiger partial charge in [-0.15, -0.1) is 11.6 Å². The average molecular weight is 267 g/mol. The van der Waals surface area contributed by atoms with E-state index in [4.69, 9.17) is 23.2 Å². The standard InChI is InChI=1S/C13H12Cl2N2/c14-8-11-12(9-6-7-9)16-17(13(11)15)10-4-2-1-3-5-10/h1-5,9H,6-8H2. The maximum absolute atomic E-state index is 6.35. The van der Waals surface area contributed by atoms with Crippen LogP contribution in [-0.2, 0) is 5.88 Å². The Morgan fingerprint density at radius 1 is 1.24 bits per heavy atom. The van der Waals surface area contributed by atoms with E-state index in [0.717, 1.165) is 16.9 Å². The van der Waals surface area contributed by atoms with Gasteiger partial charge in [-0.3, -0.25) is 0 Å². The Labute approximate surface area is 110 Å². The quantitative estimate of drug-likeness (QED) is 0.764. The molecule has 4 heteroatoms. The van der Waals surface area contributed by atoms with Crippen LogP contribution in [0.5, 0.6) is 0 Å². The second-order valence-corrected chi connectivity index (χ2v) is 4.94. The van der Waals surface area contributed by atoms with E-state index in [2.05, 4.69) is 5.10 Å². The van der Waals surface area contributed by atoms with Gasteiger partial charge in [0.15, 0.2) is 0 Å². The minimum Gasteiger partial charge on any atom is -0.222 e. The van der Waals surface area contributed by atoms with Gasteiger partial charge in [-0.2, -0.15) is 5.10 Å². The molecule has 0 bridgehead atoms. The fourth-order valence-corrected chi connectivity index (χ4v) is 2.63. The molecule has 0 aliphatic heterocycles. The minimum atomic E-state index is 0.428. The predicted molar refractivity (Wildman–Crippen MR) is 70.1 cm³/mol. The topological polar surface area (TPSA) is 17.8 Å². The van der Waals surface area contributed by atoms with E-state index in [-0.39, 0.29) is 0 Å². The maximum atomic E-state index is 6.35. The average Bonchev–Trinajstić information content (AvgIpc) is 3.15. The van der Waals surface area contributed by atoms with Crippen molar-refractivity contribution in [3.63, 3.8) is 0 Å². The molecule has 0 atom stereocenters. The summed E-state index contributed by atoms with van der Waals surface area (Å²) in [6.45, 7) is 0. The SMILES string of the molecule is ClCc1c(C2CC2)nn(-c2ccccc2)c1Cl. The Hall–Kier alpha value is -0.990. The minimum absolute atomic E-state index is 0.428. The molecule has 1 saturated carbocycles. The first-order valence-corrected chi connectivity index (χ1v) is 6.61. The van der Waals surface area contributed by atoms with Crippen LogP contribution in [0, 0.1) is 0 Å². The number of para-hydroxylation sites is 1. The first-order chi connectivity index (χ1) is 8.31. The van der Waals surface area contributed by atoms with Crippen molar-refractivity contribution in [2.45, 2.75) is 24.6 Å². The van der Waals surface area contributed by atoms with Gasteiger partial charge in [0.25, 0.3) is 0 Å². The molecule has 0 unspecified atom stereocenters. The molecule has 0 spiro atoms. The summed E-state index contributed by atoms with van der Waals surface area (Å²) in [7, 11) is 0. The zero-order valence-corrected chi connectivity index (χ0v) is 10.7. The van der Waals surface area contributed by atoms with Gasteiger partial charge < -0.3 is 0 Å². The normalized spacial score (nSPS) is 15.2. The number of nitrogens with zero attached hydrogens (tertiary/aromatic N) is 2. The first kappa shape index (κ1) is 11.1. The Kier molecular flexibility index (Phi) is 2.85. The van der Waals surface area contributed by atoms with Crippen LogP contribution < -0.4 is 0 Å². The van der Waals surface area contributed by atoms with Crippen molar-refractivity contribution >= 4 is 23.2 Å². The second kappa shape index (κ2) is 4.35. The van der Waals surface area contributed by atoms with Crippen molar-refractivity contribution < 1.29 is 0 Å². The fourth-order valence-electron chi connectivity index (χ4n) is 1.99. The molecular weight excluding hydrogens is 255 g/mol. The van der Waals surface area contributed by atoms with Crippen LogP contribution in [0.15, 0.2) is 30.3 Å². The molecule has 1 heterocycles. The molecule has 1 aliphatic rings. The van der Waals surface area contributed by atoms with Gasteiger partial charge in [0.2, 0.25) is 0 Å². The summed E-state index contributed by atoms with van der Waals surface area (Å²) in [5, 5.41) is 5.26. The lowest BCUT2D eigenvalue weighted by atomic mass is 10.2. The van der Waals surface area contributed by atoms with Crippen molar-refractivity contribution in [2.24, 2.45) is 0 Å². The zero-order valence-electron chi connectivity index (χ0n) is 9.24. The van der Waals surface area contributed by atoms with E-state index in [9.17, 15) is 0 Å². The van der Waals surface area contributed by atoms with Gasteiger partial charge >= 0.3 is 0 Å². The lowest BCUT2D eigenvalue weighted by Gasteiger charge is -2.01. The van der Waals surface area contributed by atoms with Gasteiger partial charge in [0.05, 0.1) is 17.3 Å². The lowest BCUT2D eigenvalue weighted by molar-refractivity contribution is 0.837. The van der Waals surface area contributed by atoms with E-state index in [0.29, 0.717) is 17.0 Å². The molecule has 0 N–H and O–H groups in total. The predicted octanol–water partition coefficient (Wildman–Crippen LogP) is 4.14. The van der Waals surface area contributed by atoms with Crippen LogP contribution in [0.2, 0.25) is 5.15 Å². The maximum Gasteiger partial charge on any atom is 0.137 e. The number of aromatic nitrogens is 2. The van der Waals surface area contributed by atoms with Crippen LogP contribution in [0.4, 0.5) is 0 Å². The van der Waals surface area contributed by atoms with Crippen molar-refractivity contribution in [2.75, 3.05) is 0 Å². The summed E-state index contributed by atoms with van der Waals surface area (Å²) < 4.78 is 1.78. The van der Waals surface area contributed by atoms with E-state index in [1.165, 1.54) is 12.8 Å². The van der Waals surface area contributed by atoms with E-state index in [1.54, 1.807) is 4.68 Å². The number of hydrogen-bond donors (Lipinski definition) is 0. The van der Waals surface area contributed by atoms with E-state index >= 15 is 0 Å². The largest absolute Gasteiger partial charge is 0.222 e. The van der Waals surface area contributed by atoms with Crippen LogP contribution in [0.25, 0.3) is 5.69 Å². The third kappa shape index (κ3) is 1.96. The molecular formula is C13H12Cl2N2. The molecule has 1 aromatic carbocycles. The monoisotopic (exact) mass is 266 g/mol. The van der Waals surface area contributed by atoms with Crippen molar-refractivity contribution in [3.05, 3.63) is 46.7 Å². The second-order valence-electron chi connectivity index (χ2n) is 4.31. The molecule has 0 amide bonds. The van der Waals surface area contributed by atoms with Crippen LogP contribution in [0.1, 0.15) is 30.0 Å². The summed E-state index contributed by atoms with van der Waals surface area (Å²) in [5.74, 6) is 0.989. The number of alkyl halides is 1. The van der Waals surface area contributed by atoms with Gasteiger partial charge in [-0.05, 0) is 25.0 Å². The highest BCUT2D eigenvalue weighted by atomic mass is 35.5. The molecule has 1 aliphatic carbocycles. The summed E-state index contributed by atoms with van der Waals surface area (Å²) in [5.41, 5.74) is 3.05. The molecule has 2 aromatic rings.